The summed E-state index contributed by atoms with van der Waals surface area (Å²) in [6, 6.07) is 12.7. The van der Waals surface area contributed by atoms with Crippen molar-refractivity contribution in [1.29, 1.82) is 0 Å². The van der Waals surface area contributed by atoms with E-state index >= 15 is 0 Å². The van der Waals surface area contributed by atoms with Gasteiger partial charge in [-0.15, -0.1) is 0 Å². The topological polar surface area (TPSA) is 35.2 Å². The van der Waals surface area contributed by atoms with Crippen LogP contribution in [0.3, 0.4) is 0 Å². The first kappa shape index (κ1) is 14.7. The van der Waals surface area contributed by atoms with Crippen molar-refractivity contribution in [1.82, 2.24) is 0 Å². The number of ether oxygens (including phenoxy) is 1. The predicted octanol–water partition coefficient (Wildman–Crippen LogP) is 3.37. The second-order valence-corrected chi connectivity index (χ2v) is 4.96. The molecule has 0 heterocycles. The van der Waals surface area contributed by atoms with Gasteiger partial charge in [-0.25, -0.2) is 4.39 Å². The molecule has 20 heavy (non-hydrogen) atoms. The van der Waals surface area contributed by atoms with E-state index in [0.29, 0.717) is 6.61 Å². The molecule has 0 aliphatic carbocycles. The number of hydrogen-bond acceptors (Lipinski definition) is 2. The molecule has 3 heteroatoms. The zero-order valence-electron chi connectivity index (χ0n) is 11.9. The SMILES string of the molecule is COCCc1ccc(C(N)c2ccc(F)cc2C)cc1. The highest BCUT2D eigenvalue weighted by molar-refractivity contribution is 5.37. The fourth-order valence-corrected chi connectivity index (χ4v) is 2.28. The van der Waals surface area contributed by atoms with Gasteiger partial charge in [0, 0.05) is 7.11 Å². The van der Waals surface area contributed by atoms with Gasteiger partial charge >= 0.3 is 0 Å². The summed E-state index contributed by atoms with van der Waals surface area (Å²) < 4.78 is 18.2. The third-order valence-electron chi connectivity index (χ3n) is 3.50. The van der Waals surface area contributed by atoms with Crippen molar-refractivity contribution < 1.29 is 9.13 Å². The Bertz CT molecular complexity index is 566. The summed E-state index contributed by atoms with van der Waals surface area (Å²) in [5, 5.41) is 0. The van der Waals surface area contributed by atoms with Crippen molar-refractivity contribution in [3.63, 3.8) is 0 Å². The lowest BCUT2D eigenvalue weighted by Gasteiger charge is -2.16. The maximum absolute atomic E-state index is 13.1. The molecule has 2 aromatic carbocycles. The number of nitrogens with two attached hydrogens (primary N) is 1. The lowest BCUT2D eigenvalue weighted by atomic mass is 9.95. The van der Waals surface area contributed by atoms with Crippen molar-refractivity contribution in [3.8, 4) is 0 Å². The minimum atomic E-state index is -0.230. The molecule has 0 bridgehead atoms. The largest absolute Gasteiger partial charge is 0.384 e. The molecule has 2 aromatic rings. The van der Waals surface area contributed by atoms with E-state index in [-0.39, 0.29) is 11.9 Å². The predicted molar refractivity (Wildman–Crippen MR) is 79.2 cm³/mol. The Morgan fingerprint density at radius 3 is 2.45 bits per heavy atom. The van der Waals surface area contributed by atoms with Crippen molar-refractivity contribution in [3.05, 3.63) is 70.5 Å². The van der Waals surface area contributed by atoms with Gasteiger partial charge in [-0.2, -0.15) is 0 Å². The minimum Gasteiger partial charge on any atom is -0.384 e. The summed E-state index contributed by atoms with van der Waals surface area (Å²) >= 11 is 0. The Kier molecular flexibility index (Phi) is 4.88. The highest BCUT2D eigenvalue weighted by atomic mass is 19.1. The van der Waals surface area contributed by atoms with Crippen LogP contribution in [-0.2, 0) is 11.2 Å². The standard InChI is InChI=1S/C17H20FNO/c1-12-11-15(18)7-8-16(12)17(19)14-5-3-13(4-6-14)9-10-20-2/h3-8,11,17H,9-10,19H2,1-2H3. The van der Waals surface area contributed by atoms with E-state index in [1.807, 2.05) is 19.1 Å². The third-order valence-corrected chi connectivity index (χ3v) is 3.50. The monoisotopic (exact) mass is 273 g/mol. The molecular weight excluding hydrogens is 253 g/mol. The van der Waals surface area contributed by atoms with Crippen molar-refractivity contribution in [2.24, 2.45) is 5.73 Å². The van der Waals surface area contributed by atoms with Gasteiger partial charge in [-0.1, -0.05) is 30.3 Å². The second-order valence-electron chi connectivity index (χ2n) is 4.96. The fraction of sp³-hybridized carbons (Fsp3) is 0.294. The van der Waals surface area contributed by atoms with Gasteiger partial charge in [0.25, 0.3) is 0 Å². The Balaban J connectivity index is 2.18. The van der Waals surface area contributed by atoms with Crippen molar-refractivity contribution >= 4 is 0 Å². The first-order chi connectivity index (χ1) is 9.61. The van der Waals surface area contributed by atoms with Gasteiger partial charge < -0.3 is 10.5 Å². The van der Waals surface area contributed by atoms with E-state index in [0.717, 1.165) is 23.1 Å². The molecule has 0 spiro atoms. The smallest absolute Gasteiger partial charge is 0.123 e. The molecule has 0 fully saturated rings. The molecule has 106 valence electrons. The molecule has 2 N–H and O–H groups in total. The van der Waals surface area contributed by atoms with Gasteiger partial charge in [0.1, 0.15) is 5.82 Å². The van der Waals surface area contributed by atoms with E-state index in [1.165, 1.54) is 17.7 Å². The third kappa shape index (κ3) is 3.44. The van der Waals surface area contributed by atoms with Gasteiger partial charge in [0.2, 0.25) is 0 Å². The summed E-state index contributed by atoms with van der Waals surface area (Å²) in [7, 11) is 1.70. The van der Waals surface area contributed by atoms with Crippen LogP contribution < -0.4 is 5.73 Å². The Morgan fingerprint density at radius 2 is 1.85 bits per heavy atom. The molecule has 2 nitrogen and oxygen atoms in total. The van der Waals surface area contributed by atoms with Crippen LogP contribution in [0.4, 0.5) is 4.39 Å². The maximum Gasteiger partial charge on any atom is 0.123 e. The molecule has 0 aliphatic heterocycles. The van der Waals surface area contributed by atoms with Gasteiger partial charge in [0.05, 0.1) is 12.6 Å². The summed E-state index contributed by atoms with van der Waals surface area (Å²) in [5.41, 5.74) is 10.4. The van der Waals surface area contributed by atoms with Gasteiger partial charge in [-0.3, -0.25) is 0 Å². The fourth-order valence-electron chi connectivity index (χ4n) is 2.28. The van der Waals surface area contributed by atoms with Crippen LogP contribution in [0.15, 0.2) is 42.5 Å². The van der Waals surface area contributed by atoms with E-state index < -0.39 is 0 Å². The molecule has 0 amide bonds. The molecule has 2 rings (SSSR count). The molecule has 0 saturated carbocycles. The Hall–Kier alpha value is -1.71. The number of halogens is 1. The van der Waals surface area contributed by atoms with E-state index in [2.05, 4.69) is 12.1 Å². The highest BCUT2D eigenvalue weighted by Gasteiger charge is 2.11. The number of benzene rings is 2. The number of methoxy groups -OCH3 is 1. The van der Waals surface area contributed by atoms with Gasteiger partial charge in [0.15, 0.2) is 0 Å². The molecule has 0 aliphatic rings. The lowest BCUT2D eigenvalue weighted by molar-refractivity contribution is 0.202. The van der Waals surface area contributed by atoms with E-state index in [9.17, 15) is 4.39 Å². The molecule has 0 radical (unpaired) electrons. The van der Waals surface area contributed by atoms with E-state index in [1.54, 1.807) is 13.2 Å². The van der Waals surface area contributed by atoms with E-state index in [4.69, 9.17) is 10.5 Å². The quantitative estimate of drug-likeness (QED) is 0.906. The zero-order valence-corrected chi connectivity index (χ0v) is 11.9. The average molecular weight is 273 g/mol. The van der Waals surface area contributed by atoms with Crippen LogP contribution in [0.25, 0.3) is 0 Å². The summed E-state index contributed by atoms with van der Waals surface area (Å²) in [6.45, 7) is 2.59. The summed E-state index contributed by atoms with van der Waals surface area (Å²) in [5.74, 6) is -0.228. The Morgan fingerprint density at radius 1 is 1.15 bits per heavy atom. The molecule has 0 saturated heterocycles. The first-order valence-corrected chi connectivity index (χ1v) is 6.71. The normalized spacial score (nSPS) is 12.4. The summed E-state index contributed by atoms with van der Waals surface area (Å²) in [6.07, 6.45) is 0.890. The molecule has 1 unspecified atom stereocenters. The number of aryl methyl sites for hydroxylation is 1. The van der Waals surface area contributed by atoms with Crippen LogP contribution in [-0.4, -0.2) is 13.7 Å². The van der Waals surface area contributed by atoms with Crippen LogP contribution in [0, 0.1) is 12.7 Å². The minimum absolute atomic E-state index is 0.228. The average Bonchev–Trinajstić information content (AvgIpc) is 2.45. The van der Waals surface area contributed by atoms with Crippen molar-refractivity contribution in [2.45, 2.75) is 19.4 Å². The first-order valence-electron chi connectivity index (χ1n) is 6.71. The number of rotatable bonds is 5. The van der Waals surface area contributed by atoms with Crippen LogP contribution >= 0.6 is 0 Å². The lowest BCUT2D eigenvalue weighted by Crippen LogP contribution is -2.13. The Labute approximate surface area is 119 Å². The summed E-state index contributed by atoms with van der Waals surface area (Å²) in [4.78, 5) is 0. The van der Waals surface area contributed by atoms with Crippen LogP contribution in [0.5, 0.6) is 0 Å². The molecule has 1 atom stereocenters. The van der Waals surface area contributed by atoms with Gasteiger partial charge in [-0.05, 0) is 47.7 Å². The molecular formula is C17H20FNO. The van der Waals surface area contributed by atoms with Crippen LogP contribution in [0.1, 0.15) is 28.3 Å². The maximum atomic E-state index is 13.1. The molecule has 0 aromatic heterocycles. The van der Waals surface area contributed by atoms with Crippen molar-refractivity contribution in [2.75, 3.05) is 13.7 Å². The van der Waals surface area contributed by atoms with Crippen LogP contribution in [0.2, 0.25) is 0 Å². The highest BCUT2D eigenvalue weighted by Crippen LogP contribution is 2.23. The second kappa shape index (κ2) is 6.64. The number of hydrogen-bond donors (Lipinski definition) is 1. The zero-order chi connectivity index (χ0) is 14.5.